The van der Waals surface area contributed by atoms with Gasteiger partial charge < -0.3 is 14.2 Å². The molecule has 1 atom stereocenters. The van der Waals surface area contributed by atoms with Crippen molar-refractivity contribution in [1.29, 1.82) is 0 Å². The zero-order valence-electron chi connectivity index (χ0n) is 43.9. The fraction of sp³-hybridized carbons (Fsp3) is 0.948. The summed E-state index contributed by atoms with van der Waals surface area (Å²) in [6.07, 6.45) is 53.9. The van der Waals surface area contributed by atoms with E-state index in [1.54, 1.807) is 0 Å². The van der Waals surface area contributed by atoms with E-state index in [-0.39, 0.29) is 31.1 Å². The van der Waals surface area contributed by atoms with Crippen molar-refractivity contribution < 1.29 is 28.6 Å². The van der Waals surface area contributed by atoms with Crippen LogP contribution in [0.5, 0.6) is 0 Å². The highest BCUT2D eigenvalue weighted by Gasteiger charge is 2.19. The van der Waals surface area contributed by atoms with Gasteiger partial charge in [-0.25, -0.2) is 0 Å². The molecule has 0 amide bonds. The fourth-order valence-electron chi connectivity index (χ4n) is 8.87. The highest BCUT2D eigenvalue weighted by Crippen LogP contribution is 2.18. The van der Waals surface area contributed by atoms with Crippen LogP contribution in [0.25, 0.3) is 0 Å². The summed E-state index contributed by atoms with van der Waals surface area (Å²) >= 11 is 0. The smallest absolute Gasteiger partial charge is 0.306 e. The molecular formula is C58H112O6. The van der Waals surface area contributed by atoms with Crippen molar-refractivity contribution in [2.45, 2.75) is 330 Å². The molecule has 0 saturated carbocycles. The Bertz CT molecular complexity index is 978. The van der Waals surface area contributed by atoms with Gasteiger partial charge in [-0.3, -0.25) is 14.4 Å². The Morgan fingerprint density at radius 3 is 0.766 bits per heavy atom. The Balaban J connectivity index is 4.24. The minimum absolute atomic E-state index is 0.0633. The summed E-state index contributed by atoms with van der Waals surface area (Å²) in [4.78, 5) is 38.1. The Labute approximate surface area is 399 Å². The van der Waals surface area contributed by atoms with E-state index in [1.807, 2.05) is 0 Å². The number of rotatable bonds is 52. The Morgan fingerprint density at radius 2 is 0.516 bits per heavy atom. The predicted molar refractivity (Wildman–Crippen MR) is 275 cm³/mol. The first-order valence-corrected chi connectivity index (χ1v) is 28.7. The molecule has 0 fully saturated rings. The SMILES string of the molecule is CCCCCCCCCCCCCCCCCCCCC(=O)OC[C@H](COC(=O)CCCCCCCCCC(C)C)OC(=O)CCCCCCCCCCCCCCCCCC(C)C. The van der Waals surface area contributed by atoms with Gasteiger partial charge in [0.05, 0.1) is 0 Å². The second-order valence-electron chi connectivity index (χ2n) is 20.9. The molecule has 0 aromatic rings. The molecule has 0 N–H and O–H groups in total. The predicted octanol–water partition coefficient (Wildman–Crippen LogP) is 18.9. The molecule has 6 heteroatoms. The maximum Gasteiger partial charge on any atom is 0.306 e. The zero-order valence-corrected chi connectivity index (χ0v) is 43.9. The van der Waals surface area contributed by atoms with E-state index in [1.165, 1.54) is 212 Å². The number of carbonyl (C=O) groups is 3. The molecule has 0 unspecified atom stereocenters. The van der Waals surface area contributed by atoms with Crippen LogP contribution < -0.4 is 0 Å². The Morgan fingerprint density at radius 1 is 0.297 bits per heavy atom. The van der Waals surface area contributed by atoms with Crippen LogP contribution in [-0.2, 0) is 28.6 Å². The highest BCUT2D eigenvalue weighted by molar-refractivity contribution is 5.71. The van der Waals surface area contributed by atoms with Crippen molar-refractivity contribution in [3.63, 3.8) is 0 Å². The monoisotopic (exact) mass is 905 g/mol. The van der Waals surface area contributed by atoms with Crippen LogP contribution in [0.1, 0.15) is 324 Å². The van der Waals surface area contributed by atoms with Gasteiger partial charge in [-0.15, -0.1) is 0 Å². The van der Waals surface area contributed by atoms with Crippen LogP contribution in [0.2, 0.25) is 0 Å². The van der Waals surface area contributed by atoms with E-state index >= 15 is 0 Å². The van der Waals surface area contributed by atoms with Crippen LogP contribution in [0, 0.1) is 11.8 Å². The van der Waals surface area contributed by atoms with Crippen molar-refractivity contribution in [3.05, 3.63) is 0 Å². The molecule has 6 nitrogen and oxygen atoms in total. The first kappa shape index (κ1) is 62.4. The molecule has 0 spiro atoms. The molecule has 0 radical (unpaired) electrons. The minimum Gasteiger partial charge on any atom is -0.462 e. The lowest BCUT2D eigenvalue weighted by atomic mass is 10.0. The standard InChI is InChI=1S/C58H112O6/c1-6-7-8-9-10-11-12-13-14-15-16-19-22-25-28-33-38-43-48-56(59)62-51-55(52-63-57(60)49-44-39-35-30-32-37-42-47-54(4)5)64-58(61)50-45-40-34-29-26-23-20-17-18-21-24-27-31-36-41-46-53(2)3/h53-55H,6-52H2,1-5H3/t55-/m1/s1. The van der Waals surface area contributed by atoms with Crippen molar-refractivity contribution in [2.75, 3.05) is 13.2 Å². The Kier molecular flexibility index (Phi) is 49.6. The maximum absolute atomic E-state index is 12.8. The molecule has 0 heterocycles. The van der Waals surface area contributed by atoms with E-state index in [2.05, 4.69) is 34.6 Å². The first-order chi connectivity index (χ1) is 31.2. The lowest BCUT2D eigenvalue weighted by molar-refractivity contribution is -0.167. The summed E-state index contributed by atoms with van der Waals surface area (Å²) in [5.74, 6) is 0.786. The highest BCUT2D eigenvalue weighted by atomic mass is 16.6. The summed E-state index contributed by atoms with van der Waals surface area (Å²) in [7, 11) is 0. The van der Waals surface area contributed by atoms with Crippen molar-refractivity contribution in [1.82, 2.24) is 0 Å². The Hall–Kier alpha value is -1.59. The largest absolute Gasteiger partial charge is 0.462 e. The lowest BCUT2D eigenvalue weighted by Crippen LogP contribution is -2.30. The number of ether oxygens (including phenoxy) is 3. The second kappa shape index (κ2) is 50.8. The summed E-state index contributed by atoms with van der Waals surface area (Å²) in [6.45, 7) is 11.4. The molecule has 0 aliphatic carbocycles. The molecule has 0 aliphatic rings. The third-order valence-corrected chi connectivity index (χ3v) is 13.2. The topological polar surface area (TPSA) is 78.9 Å². The molecule has 0 aromatic carbocycles. The van der Waals surface area contributed by atoms with Gasteiger partial charge in [0.25, 0.3) is 0 Å². The molecule has 0 aliphatic heterocycles. The molecular weight excluding hydrogens is 793 g/mol. The maximum atomic E-state index is 12.8. The molecule has 0 saturated heterocycles. The van der Waals surface area contributed by atoms with Gasteiger partial charge in [0.2, 0.25) is 0 Å². The van der Waals surface area contributed by atoms with Crippen molar-refractivity contribution in [2.24, 2.45) is 11.8 Å². The number of hydrogen-bond donors (Lipinski definition) is 0. The van der Waals surface area contributed by atoms with Crippen LogP contribution in [0.4, 0.5) is 0 Å². The number of carbonyl (C=O) groups excluding carboxylic acids is 3. The van der Waals surface area contributed by atoms with Crippen LogP contribution in [0.3, 0.4) is 0 Å². The van der Waals surface area contributed by atoms with Gasteiger partial charge in [0, 0.05) is 19.3 Å². The van der Waals surface area contributed by atoms with Crippen LogP contribution >= 0.6 is 0 Å². The van der Waals surface area contributed by atoms with Crippen molar-refractivity contribution in [3.8, 4) is 0 Å². The fourth-order valence-corrected chi connectivity index (χ4v) is 8.87. The van der Waals surface area contributed by atoms with Gasteiger partial charge in [0.15, 0.2) is 6.10 Å². The second-order valence-corrected chi connectivity index (χ2v) is 20.9. The van der Waals surface area contributed by atoms with Gasteiger partial charge in [-0.1, -0.05) is 285 Å². The molecule has 0 rings (SSSR count). The van der Waals surface area contributed by atoms with E-state index in [4.69, 9.17) is 14.2 Å². The lowest BCUT2D eigenvalue weighted by Gasteiger charge is -2.18. The average Bonchev–Trinajstić information content (AvgIpc) is 3.27. The molecule has 64 heavy (non-hydrogen) atoms. The molecule has 0 bridgehead atoms. The first-order valence-electron chi connectivity index (χ1n) is 28.7. The summed E-state index contributed by atoms with van der Waals surface area (Å²) < 4.78 is 16.9. The molecule has 380 valence electrons. The van der Waals surface area contributed by atoms with E-state index in [0.717, 1.165) is 69.6 Å². The van der Waals surface area contributed by atoms with E-state index < -0.39 is 6.10 Å². The number of esters is 3. The van der Waals surface area contributed by atoms with Crippen LogP contribution in [-0.4, -0.2) is 37.2 Å². The number of hydrogen-bond acceptors (Lipinski definition) is 6. The van der Waals surface area contributed by atoms with Gasteiger partial charge in [-0.2, -0.15) is 0 Å². The van der Waals surface area contributed by atoms with E-state index in [9.17, 15) is 14.4 Å². The third kappa shape index (κ3) is 51.4. The summed E-state index contributed by atoms with van der Waals surface area (Å²) in [5, 5.41) is 0. The van der Waals surface area contributed by atoms with Crippen LogP contribution in [0.15, 0.2) is 0 Å². The quantitative estimate of drug-likeness (QED) is 0.0344. The summed E-state index contributed by atoms with van der Waals surface area (Å²) in [6, 6.07) is 0. The van der Waals surface area contributed by atoms with Gasteiger partial charge in [-0.05, 0) is 31.1 Å². The van der Waals surface area contributed by atoms with Gasteiger partial charge in [0.1, 0.15) is 13.2 Å². The normalized spacial score (nSPS) is 12.0. The molecule has 0 aromatic heterocycles. The summed E-state index contributed by atoms with van der Waals surface area (Å²) in [5.41, 5.74) is 0. The third-order valence-electron chi connectivity index (χ3n) is 13.2. The van der Waals surface area contributed by atoms with Gasteiger partial charge >= 0.3 is 17.9 Å². The van der Waals surface area contributed by atoms with Crippen molar-refractivity contribution >= 4 is 17.9 Å². The van der Waals surface area contributed by atoms with E-state index in [0.29, 0.717) is 19.3 Å². The number of unbranched alkanes of at least 4 members (excludes halogenated alkanes) is 37. The average molecular weight is 906 g/mol. The minimum atomic E-state index is -0.763. The zero-order chi connectivity index (χ0) is 46.8.